The Morgan fingerprint density at radius 1 is 1.15 bits per heavy atom. The molecule has 1 aromatic heterocycles. The van der Waals surface area contributed by atoms with Crippen LogP contribution in [0.4, 0.5) is 36.4 Å². The van der Waals surface area contributed by atoms with Crippen molar-refractivity contribution in [2.24, 2.45) is 5.73 Å². The molecule has 2 aliphatic rings. The number of nitrogens with zero attached hydrogens (tertiary/aromatic N) is 1. The summed E-state index contributed by atoms with van der Waals surface area (Å²) in [6.45, 7) is -1.97. The number of rotatable bonds is 11. The van der Waals surface area contributed by atoms with Gasteiger partial charge in [-0.15, -0.1) is 0 Å². The van der Waals surface area contributed by atoms with Crippen LogP contribution in [0.2, 0.25) is 0 Å². The van der Waals surface area contributed by atoms with Gasteiger partial charge in [0.15, 0.2) is 0 Å². The van der Waals surface area contributed by atoms with Crippen molar-refractivity contribution in [2.75, 3.05) is 32.2 Å². The van der Waals surface area contributed by atoms with Crippen molar-refractivity contribution in [1.82, 2.24) is 10.3 Å². The molecule has 1 aliphatic carbocycles. The lowest BCUT2D eigenvalue weighted by Crippen LogP contribution is -2.34. The first kappa shape index (κ1) is 32.9. The number of fused-ring (bicyclic) bond motifs is 1. The molecule has 0 bridgehead atoms. The maximum atomic E-state index is 14.6. The number of allylic oxidation sites excluding steroid dienone is 1. The number of amides is 1. The van der Waals surface area contributed by atoms with Crippen molar-refractivity contribution in [3.63, 3.8) is 0 Å². The van der Waals surface area contributed by atoms with E-state index in [1.54, 1.807) is 6.92 Å². The molecule has 1 atom stereocenters. The van der Waals surface area contributed by atoms with Crippen LogP contribution in [0.3, 0.4) is 0 Å². The van der Waals surface area contributed by atoms with Crippen LogP contribution in [0.25, 0.3) is 17.3 Å². The summed E-state index contributed by atoms with van der Waals surface area (Å²) >= 11 is 0. The van der Waals surface area contributed by atoms with E-state index in [0.29, 0.717) is 11.3 Å². The minimum absolute atomic E-state index is 0.0533. The van der Waals surface area contributed by atoms with E-state index in [9.17, 15) is 35.5 Å². The summed E-state index contributed by atoms with van der Waals surface area (Å²) < 4.78 is 109. The summed E-state index contributed by atoms with van der Waals surface area (Å²) in [4.78, 5) is 17.5. The third kappa shape index (κ3) is 6.70. The number of nitrogens with one attached hydrogen (secondary N) is 1. The topological polar surface area (TPSA) is 112 Å². The van der Waals surface area contributed by atoms with E-state index in [2.05, 4.69) is 10.3 Å². The van der Waals surface area contributed by atoms with E-state index >= 15 is 0 Å². The van der Waals surface area contributed by atoms with Gasteiger partial charge in [-0.05, 0) is 56.2 Å². The summed E-state index contributed by atoms with van der Waals surface area (Å²) in [5, 5.41) is 2.46. The molecule has 5 rings (SSSR count). The SMILES string of the molecule is C/C(N)=C/c1cc(C(=O)NCC(c2cc3c(c(-c4ccc(C(F)(F)F)cc4)n2)OCC3(CF)CF)C(F)F)cc(OC2CC2)c1N. The van der Waals surface area contributed by atoms with Crippen molar-refractivity contribution in [3.8, 4) is 22.8 Å². The lowest BCUT2D eigenvalue weighted by molar-refractivity contribution is -0.137. The van der Waals surface area contributed by atoms with Gasteiger partial charge in [0, 0.05) is 34.5 Å². The number of hydrogen-bond acceptors (Lipinski definition) is 6. The molecule has 1 unspecified atom stereocenters. The van der Waals surface area contributed by atoms with E-state index in [1.807, 2.05) is 0 Å². The van der Waals surface area contributed by atoms with E-state index in [0.717, 1.165) is 43.2 Å². The number of hydrogen-bond donors (Lipinski definition) is 3. The predicted octanol–water partition coefficient (Wildman–Crippen LogP) is 6.56. The Balaban J connectivity index is 1.50. The molecule has 1 amide bonds. The minimum atomic E-state index is -4.64. The van der Waals surface area contributed by atoms with Crippen LogP contribution in [0.5, 0.6) is 11.5 Å². The van der Waals surface area contributed by atoms with Gasteiger partial charge in [-0.1, -0.05) is 12.1 Å². The number of aromatic nitrogens is 1. The highest BCUT2D eigenvalue weighted by Gasteiger charge is 2.44. The standard InChI is InChI=1S/C32H31F7N4O3/c1-16(40)8-18-9-19(10-25(26(18)41)46-21-6-7-21)30(44)42-12-22(29(35)36)24-11-23-28(45-15-31(23,13-33)14-34)27(43-24)17-2-4-20(5-3-17)32(37,38)39/h2-5,8-11,21-22,29H,6-7,12-15,40-41H2,1H3,(H,42,44)/b16-8-. The number of anilines is 1. The fraction of sp³-hybridized carbons (Fsp3) is 0.375. The molecule has 7 nitrogen and oxygen atoms in total. The number of alkyl halides is 7. The number of benzene rings is 2. The minimum Gasteiger partial charge on any atom is -0.490 e. The zero-order chi connectivity index (χ0) is 33.4. The molecule has 3 aromatic rings. The highest BCUT2D eigenvalue weighted by molar-refractivity contribution is 5.96. The molecule has 2 heterocycles. The Bertz CT molecular complexity index is 1630. The fourth-order valence-corrected chi connectivity index (χ4v) is 5.08. The first-order valence-corrected chi connectivity index (χ1v) is 14.3. The molecule has 0 spiro atoms. The number of ether oxygens (including phenoxy) is 2. The number of nitrogen functional groups attached to an aromatic ring is 1. The monoisotopic (exact) mass is 652 g/mol. The molecule has 14 heteroatoms. The third-order valence-electron chi connectivity index (χ3n) is 7.86. The van der Waals surface area contributed by atoms with Crippen LogP contribution in [-0.2, 0) is 11.6 Å². The number of nitrogens with two attached hydrogens (primary N) is 2. The normalized spacial score (nSPS) is 16.6. The second-order valence-electron chi connectivity index (χ2n) is 11.5. The van der Waals surface area contributed by atoms with Gasteiger partial charge in [0.05, 0.1) is 34.4 Å². The zero-order valence-corrected chi connectivity index (χ0v) is 24.6. The number of pyridine rings is 1. The number of carbonyl (C=O) groups is 1. The van der Waals surface area contributed by atoms with Crippen molar-refractivity contribution in [2.45, 2.75) is 49.8 Å². The third-order valence-corrected chi connectivity index (χ3v) is 7.86. The molecule has 0 saturated heterocycles. The molecule has 0 radical (unpaired) electrons. The molecular weight excluding hydrogens is 621 g/mol. The highest BCUT2D eigenvalue weighted by Crippen LogP contribution is 2.46. The Kier molecular flexibility index (Phi) is 9.09. The number of halogens is 7. The van der Waals surface area contributed by atoms with Gasteiger partial charge in [-0.25, -0.2) is 22.5 Å². The van der Waals surface area contributed by atoms with Crippen LogP contribution in [-0.4, -0.2) is 49.9 Å². The van der Waals surface area contributed by atoms with Crippen molar-refractivity contribution >= 4 is 17.7 Å². The maximum Gasteiger partial charge on any atom is 0.416 e. The lowest BCUT2D eigenvalue weighted by atomic mass is 9.83. The van der Waals surface area contributed by atoms with Gasteiger partial charge < -0.3 is 26.3 Å². The van der Waals surface area contributed by atoms with Gasteiger partial charge in [-0.3, -0.25) is 4.79 Å². The van der Waals surface area contributed by atoms with Gasteiger partial charge >= 0.3 is 6.18 Å². The van der Waals surface area contributed by atoms with Gasteiger partial charge in [0.2, 0.25) is 6.43 Å². The second-order valence-corrected chi connectivity index (χ2v) is 11.5. The van der Waals surface area contributed by atoms with E-state index in [1.165, 1.54) is 18.2 Å². The molecule has 246 valence electrons. The van der Waals surface area contributed by atoms with Gasteiger partial charge in [-0.2, -0.15) is 13.2 Å². The van der Waals surface area contributed by atoms with Crippen LogP contribution in [0, 0.1) is 0 Å². The summed E-state index contributed by atoms with van der Waals surface area (Å²) in [5.41, 5.74) is 9.81. The summed E-state index contributed by atoms with van der Waals surface area (Å²) in [6.07, 6.45) is -4.65. The van der Waals surface area contributed by atoms with Crippen molar-refractivity contribution < 1.29 is 45.0 Å². The molecule has 5 N–H and O–H groups in total. The molecule has 46 heavy (non-hydrogen) atoms. The van der Waals surface area contributed by atoms with E-state index in [4.69, 9.17) is 20.9 Å². The van der Waals surface area contributed by atoms with Gasteiger partial charge in [0.25, 0.3) is 5.91 Å². The Labute approximate surface area is 259 Å². The van der Waals surface area contributed by atoms with E-state index in [-0.39, 0.29) is 51.4 Å². The molecule has 1 saturated carbocycles. The summed E-state index contributed by atoms with van der Waals surface area (Å²) in [5.74, 6) is -2.40. The second kappa shape index (κ2) is 12.7. The summed E-state index contributed by atoms with van der Waals surface area (Å²) in [7, 11) is 0. The molecule has 1 aliphatic heterocycles. The van der Waals surface area contributed by atoms with Gasteiger partial charge in [0.1, 0.15) is 37.1 Å². The zero-order valence-electron chi connectivity index (χ0n) is 24.6. The van der Waals surface area contributed by atoms with Crippen LogP contribution in [0.15, 0.2) is 48.2 Å². The molecule has 1 fully saturated rings. The van der Waals surface area contributed by atoms with E-state index < -0.39 is 61.9 Å². The summed E-state index contributed by atoms with van der Waals surface area (Å²) in [6, 6.07) is 7.63. The quantitative estimate of drug-likeness (QED) is 0.160. The first-order valence-electron chi connectivity index (χ1n) is 14.3. The average Bonchev–Trinajstić information content (AvgIpc) is 3.75. The molecule has 2 aromatic carbocycles. The number of carbonyl (C=O) groups excluding carboxylic acids is 1. The predicted molar refractivity (Wildman–Crippen MR) is 157 cm³/mol. The largest absolute Gasteiger partial charge is 0.490 e. The van der Waals surface area contributed by atoms with Crippen LogP contribution in [0.1, 0.15) is 58.4 Å². The molecular formula is C32H31F7N4O3. The maximum absolute atomic E-state index is 14.6. The van der Waals surface area contributed by atoms with Crippen molar-refractivity contribution in [1.29, 1.82) is 0 Å². The van der Waals surface area contributed by atoms with Crippen LogP contribution >= 0.6 is 0 Å². The average molecular weight is 653 g/mol. The Morgan fingerprint density at radius 3 is 2.39 bits per heavy atom. The highest BCUT2D eigenvalue weighted by atomic mass is 19.4. The lowest BCUT2D eigenvalue weighted by Gasteiger charge is -2.23. The Hall–Kier alpha value is -4.49. The fourth-order valence-electron chi connectivity index (χ4n) is 5.08. The van der Waals surface area contributed by atoms with Crippen LogP contribution < -0.4 is 26.3 Å². The first-order chi connectivity index (χ1) is 21.8. The Morgan fingerprint density at radius 2 is 1.83 bits per heavy atom. The smallest absolute Gasteiger partial charge is 0.416 e. The van der Waals surface area contributed by atoms with Crippen molar-refractivity contribution in [3.05, 3.63) is 76.1 Å².